The van der Waals surface area contributed by atoms with Crippen LogP contribution >= 0.6 is 0 Å². The fraction of sp³-hybridized carbons (Fsp3) is 0.269. The van der Waals surface area contributed by atoms with E-state index in [1.807, 2.05) is 0 Å². The van der Waals surface area contributed by atoms with Gasteiger partial charge in [0.15, 0.2) is 11.5 Å². The van der Waals surface area contributed by atoms with Crippen LogP contribution in [0.1, 0.15) is 39.3 Å². The van der Waals surface area contributed by atoms with Crippen molar-refractivity contribution in [2.45, 2.75) is 39.1 Å². The topological polar surface area (TPSA) is 91.3 Å². The maximum atomic E-state index is 14.2. The van der Waals surface area contributed by atoms with E-state index < -0.39 is 23.6 Å². The molecule has 2 aromatic heterocycles. The molecule has 0 aliphatic heterocycles. The first-order chi connectivity index (χ1) is 18.0. The molecule has 2 heterocycles. The number of carbonyl (C=O) groups is 1. The van der Waals surface area contributed by atoms with Crippen LogP contribution in [0.2, 0.25) is 0 Å². The Balaban J connectivity index is 1.43. The Hall–Kier alpha value is -4.35. The van der Waals surface area contributed by atoms with E-state index >= 15 is 0 Å². The fourth-order valence-electron chi connectivity index (χ4n) is 4.63. The van der Waals surface area contributed by atoms with Gasteiger partial charge in [0.2, 0.25) is 0 Å². The number of fused-ring (bicyclic) bond motifs is 3. The Kier molecular flexibility index (Phi) is 6.33. The van der Waals surface area contributed by atoms with Crippen molar-refractivity contribution in [2.24, 2.45) is 7.05 Å². The third-order valence-corrected chi connectivity index (χ3v) is 6.61. The molecule has 0 unspecified atom stereocenters. The number of ether oxygens (including phenoxy) is 1. The summed E-state index contributed by atoms with van der Waals surface area (Å²) in [6, 6.07) is 10.0. The van der Waals surface area contributed by atoms with Crippen molar-refractivity contribution in [3.05, 3.63) is 86.7 Å². The number of hydrogen-bond acceptors (Lipinski definition) is 5. The van der Waals surface area contributed by atoms with Gasteiger partial charge in [-0.25, -0.2) is 9.07 Å². The summed E-state index contributed by atoms with van der Waals surface area (Å²) in [7, 11) is 1.63. The number of alkyl halides is 3. The van der Waals surface area contributed by atoms with Gasteiger partial charge in [0.1, 0.15) is 17.3 Å². The molecule has 0 radical (unpaired) electrons. The molecule has 0 saturated carbocycles. The minimum atomic E-state index is -4.81. The highest BCUT2D eigenvalue weighted by Crippen LogP contribution is 2.37. The largest absolute Gasteiger partial charge is 0.573 e. The Morgan fingerprint density at radius 2 is 1.95 bits per heavy atom. The highest BCUT2D eigenvalue weighted by molar-refractivity contribution is 6.05. The number of benzene rings is 2. The number of carbonyl (C=O) groups excluding carboxylic acids is 1. The van der Waals surface area contributed by atoms with Crippen molar-refractivity contribution in [3.8, 4) is 17.1 Å². The summed E-state index contributed by atoms with van der Waals surface area (Å²) in [6.45, 7) is 1.61. The zero-order valence-corrected chi connectivity index (χ0v) is 20.4. The molecule has 8 nitrogen and oxygen atoms in total. The van der Waals surface area contributed by atoms with Gasteiger partial charge in [0, 0.05) is 23.7 Å². The van der Waals surface area contributed by atoms with E-state index in [2.05, 4.69) is 15.2 Å². The van der Waals surface area contributed by atoms with Crippen LogP contribution in [-0.2, 0) is 26.4 Å². The zero-order chi connectivity index (χ0) is 27.2. The predicted octanol–water partition coefficient (Wildman–Crippen LogP) is 4.98. The number of aryl methyl sites for hydroxylation is 1. The minimum Gasteiger partial charge on any atom is -0.406 e. The maximum absolute atomic E-state index is 14.2. The summed E-state index contributed by atoms with van der Waals surface area (Å²) in [5.74, 6) is -1.18. The quantitative estimate of drug-likeness (QED) is 0.368. The molecule has 12 heteroatoms. The number of hydrogen-bond donors (Lipinski definition) is 1. The van der Waals surface area contributed by atoms with Crippen molar-refractivity contribution in [1.82, 2.24) is 14.5 Å². The van der Waals surface area contributed by atoms with E-state index in [1.165, 1.54) is 33.6 Å². The molecule has 1 amide bonds. The van der Waals surface area contributed by atoms with Crippen molar-refractivity contribution >= 4 is 11.6 Å². The van der Waals surface area contributed by atoms with Gasteiger partial charge in [0.25, 0.3) is 11.5 Å². The molecule has 1 N–H and O–H groups in total. The van der Waals surface area contributed by atoms with Crippen LogP contribution in [0.4, 0.5) is 23.2 Å². The summed E-state index contributed by atoms with van der Waals surface area (Å²) < 4.78 is 64.4. The molecule has 0 spiro atoms. The van der Waals surface area contributed by atoms with Crippen LogP contribution in [0.15, 0.2) is 51.8 Å². The number of nitrogens with one attached hydrogen (secondary N) is 1. The molecule has 2 aromatic carbocycles. The van der Waals surface area contributed by atoms with Crippen molar-refractivity contribution in [1.29, 1.82) is 0 Å². The van der Waals surface area contributed by atoms with E-state index in [-0.39, 0.29) is 29.4 Å². The molecule has 4 aromatic rings. The smallest absolute Gasteiger partial charge is 0.406 e. The minimum absolute atomic E-state index is 0.0215. The van der Waals surface area contributed by atoms with Crippen molar-refractivity contribution in [2.75, 3.05) is 5.32 Å². The first-order valence-corrected chi connectivity index (χ1v) is 11.7. The lowest BCUT2D eigenvalue weighted by Gasteiger charge is -2.11. The van der Waals surface area contributed by atoms with Crippen molar-refractivity contribution in [3.63, 3.8) is 0 Å². The maximum Gasteiger partial charge on any atom is 0.573 e. The van der Waals surface area contributed by atoms with Crippen LogP contribution < -0.4 is 15.6 Å². The molecule has 38 heavy (non-hydrogen) atoms. The molecule has 0 atom stereocenters. The summed E-state index contributed by atoms with van der Waals surface area (Å²) >= 11 is 0. The van der Waals surface area contributed by atoms with E-state index in [0.29, 0.717) is 47.2 Å². The average molecular weight is 530 g/mol. The van der Waals surface area contributed by atoms with Gasteiger partial charge in [0.05, 0.1) is 12.2 Å². The number of halogens is 4. The van der Waals surface area contributed by atoms with Crippen LogP contribution in [0, 0.1) is 12.7 Å². The SMILES string of the molecule is Cc1c(NC(=O)c2noc3c2CCCc2cc(OC(F)(F)F)ccc2-3)c(=O)n(Cc2ccccc2F)n1C. The van der Waals surface area contributed by atoms with Gasteiger partial charge in [-0.05, 0) is 56.0 Å². The van der Waals surface area contributed by atoms with E-state index in [1.54, 1.807) is 32.2 Å². The lowest BCUT2D eigenvalue weighted by atomic mass is 10.0. The van der Waals surface area contributed by atoms with Gasteiger partial charge in [-0.3, -0.25) is 14.3 Å². The monoisotopic (exact) mass is 530 g/mol. The number of aromatic nitrogens is 3. The van der Waals surface area contributed by atoms with Gasteiger partial charge >= 0.3 is 6.36 Å². The van der Waals surface area contributed by atoms with Crippen molar-refractivity contribution < 1.29 is 31.6 Å². The summed E-state index contributed by atoms with van der Waals surface area (Å²) in [5.41, 5.74) is 1.84. The highest BCUT2D eigenvalue weighted by atomic mass is 19.4. The Morgan fingerprint density at radius 1 is 1.18 bits per heavy atom. The Bertz CT molecular complexity index is 1600. The lowest BCUT2D eigenvalue weighted by Crippen LogP contribution is -2.25. The first-order valence-electron chi connectivity index (χ1n) is 11.7. The molecule has 0 bridgehead atoms. The number of anilines is 1. The van der Waals surface area contributed by atoms with Crippen LogP contribution in [0.25, 0.3) is 11.3 Å². The molecular formula is C26H22F4N4O4. The fourth-order valence-corrected chi connectivity index (χ4v) is 4.63. The Labute approximate surface area is 213 Å². The normalized spacial score (nSPS) is 13.0. The highest BCUT2D eigenvalue weighted by Gasteiger charge is 2.32. The van der Waals surface area contributed by atoms with E-state index in [4.69, 9.17) is 4.52 Å². The van der Waals surface area contributed by atoms with Crippen LogP contribution in [0.3, 0.4) is 0 Å². The number of nitrogens with zero attached hydrogens (tertiary/aromatic N) is 3. The third kappa shape index (κ3) is 4.69. The Morgan fingerprint density at radius 3 is 2.68 bits per heavy atom. The van der Waals surface area contributed by atoms with Gasteiger partial charge < -0.3 is 14.6 Å². The second-order valence-electron chi connectivity index (χ2n) is 8.95. The summed E-state index contributed by atoms with van der Waals surface area (Å²) in [6.07, 6.45) is -3.47. The number of amides is 1. The second-order valence-corrected chi connectivity index (χ2v) is 8.95. The average Bonchev–Trinajstić information content (AvgIpc) is 3.28. The van der Waals surface area contributed by atoms with Gasteiger partial charge in [-0.15, -0.1) is 13.2 Å². The first kappa shape index (κ1) is 25.3. The van der Waals surface area contributed by atoms with E-state index in [9.17, 15) is 27.2 Å². The number of rotatable bonds is 5. The zero-order valence-electron chi connectivity index (χ0n) is 20.4. The molecule has 5 rings (SSSR count). The summed E-state index contributed by atoms with van der Waals surface area (Å²) in [4.78, 5) is 26.4. The standard InChI is InChI=1S/C26H22F4N4O4/c1-14-21(25(36)34(33(14)2)13-16-6-3-4-9-20(16)27)31-24(35)22-19-8-5-7-15-12-17(37-26(28,29)30)10-11-18(15)23(19)38-32-22/h3-4,6,9-12H,5,7-8,13H2,1-2H3,(H,31,35). The second kappa shape index (κ2) is 9.51. The molecule has 198 valence electrons. The molecule has 1 aliphatic carbocycles. The molecule has 0 saturated heterocycles. The van der Waals surface area contributed by atoms with Gasteiger partial charge in [-0.2, -0.15) is 0 Å². The predicted molar refractivity (Wildman–Crippen MR) is 129 cm³/mol. The third-order valence-electron chi connectivity index (χ3n) is 6.61. The molecule has 1 aliphatic rings. The lowest BCUT2D eigenvalue weighted by molar-refractivity contribution is -0.274. The van der Waals surface area contributed by atoms with Gasteiger partial charge in [-0.1, -0.05) is 23.4 Å². The van der Waals surface area contributed by atoms with E-state index in [0.717, 1.165) is 0 Å². The molecule has 0 fully saturated rings. The molecular weight excluding hydrogens is 508 g/mol. The summed E-state index contributed by atoms with van der Waals surface area (Å²) in [5, 5.41) is 6.54. The van der Waals surface area contributed by atoms with Crippen LogP contribution in [0.5, 0.6) is 5.75 Å². The van der Waals surface area contributed by atoms with Crippen LogP contribution in [-0.4, -0.2) is 26.8 Å².